The maximum absolute atomic E-state index is 12.7. The minimum absolute atomic E-state index is 0.0517. The van der Waals surface area contributed by atoms with E-state index in [0.717, 1.165) is 32.1 Å². The van der Waals surface area contributed by atoms with Crippen molar-refractivity contribution in [2.24, 2.45) is 10.8 Å². The number of piperidine rings is 1. The third-order valence-corrected chi connectivity index (χ3v) is 5.74. The molecule has 1 heterocycles. The van der Waals surface area contributed by atoms with Gasteiger partial charge in [0.25, 0.3) is 0 Å². The molecule has 3 heteroatoms. The fraction of sp³-hybridized carbons (Fsp3) is 0.952. The minimum Gasteiger partial charge on any atom is -0.370 e. The van der Waals surface area contributed by atoms with Gasteiger partial charge >= 0.3 is 0 Å². The molecule has 0 aliphatic carbocycles. The second-order valence-electron chi connectivity index (χ2n) is 10.6. The van der Waals surface area contributed by atoms with E-state index in [0.29, 0.717) is 5.41 Å². The van der Waals surface area contributed by atoms with Gasteiger partial charge in [-0.2, -0.15) is 0 Å². The molecule has 1 saturated heterocycles. The van der Waals surface area contributed by atoms with Crippen LogP contribution in [0.5, 0.6) is 0 Å². The zero-order valence-electron chi connectivity index (χ0n) is 17.6. The Morgan fingerprint density at radius 3 is 2.00 bits per heavy atom. The Morgan fingerprint density at radius 2 is 1.54 bits per heavy atom. The third-order valence-electron chi connectivity index (χ3n) is 5.74. The quantitative estimate of drug-likeness (QED) is 0.666. The molecule has 0 amide bonds. The van der Waals surface area contributed by atoms with E-state index in [4.69, 9.17) is 4.74 Å². The van der Waals surface area contributed by atoms with Crippen LogP contribution in [-0.2, 0) is 9.53 Å². The minimum atomic E-state index is -0.301. The molecular weight excluding hydrogens is 298 g/mol. The zero-order chi connectivity index (χ0) is 18.8. The van der Waals surface area contributed by atoms with Gasteiger partial charge in [0.1, 0.15) is 6.61 Å². The van der Waals surface area contributed by atoms with Crippen molar-refractivity contribution in [1.29, 1.82) is 0 Å². The molecule has 24 heavy (non-hydrogen) atoms. The van der Waals surface area contributed by atoms with Crippen LogP contribution in [0.15, 0.2) is 0 Å². The van der Waals surface area contributed by atoms with Crippen molar-refractivity contribution >= 4 is 5.78 Å². The molecule has 0 radical (unpaired) electrons. The lowest BCUT2D eigenvalue weighted by Crippen LogP contribution is -2.59. The van der Waals surface area contributed by atoms with Gasteiger partial charge in [0, 0.05) is 16.5 Å². The smallest absolute Gasteiger partial charge is 0.164 e. The Labute approximate surface area is 150 Å². The first kappa shape index (κ1) is 21.6. The SMILES string of the molecule is CCC(C)(C)CCC(C)(C)C(=O)COC1CC(C)(C)NC(C)(C)C1. The van der Waals surface area contributed by atoms with Crippen LogP contribution in [0.25, 0.3) is 0 Å². The van der Waals surface area contributed by atoms with Crippen molar-refractivity contribution in [3.8, 4) is 0 Å². The second-order valence-corrected chi connectivity index (χ2v) is 10.6. The van der Waals surface area contributed by atoms with Gasteiger partial charge in [-0.3, -0.25) is 4.79 Å². The van der Waals surface area contributed by atoms with Gasteiger partial charge in [0.15, 0.2) is 5.78 Å². The molecule has 0 spiro atoms. The number of ether oxygens (including phenoxy) is 1. The molecule has 1 N–H and O–H groups in total. The third kappa shape index (κ3) is 6.84. The highest BCUT2D eigenvalue weighted by molar-refractivity contribution is 5.85. The van der Waals surface area contributed by atoms with Crippen molar-refractivity contribution in [2.45, 2.75) is 112 Å². The summed E-state index contributed by atoms with van der Waals surface area (Å²) in [4.78, 5) is 12.7. The van der Waals surface area contributed by atoms with Crippen molar-refractivity contribution in [3.63, 3.8) is 0 Å². The fourth-order valence-corrected chi connectivity index (χ4v) is 3.70. The Kier molecular flexibility index (Phi) is 6.72. The molecular formula is C21H41NO2. The molecule has 1 aliphatic heterocycles. The molecule has 0 unspecified atom stereocenters. The fourth-order valence-electron chi connectivity index (χ4n) is 3.70. The van der Waals surface area contributed by atoms with E-state index in [-0.39, 0.29) is 35.0 Å². The normalized spacial score (nSPS) is 21.7. The van der Waals surface area contributed by atoms with Gasteiger partial charge in [0.05, 0.1) is 6.10 Å². The lowest BCUT2D eigenvalue weighted by molar-refractivity contribution is -0.136. The van der Waals surface area contributed by atoms with Gasteiger partial charge < -0.3 is 10.1 Å². The van der Waals surface area contributed by atoms with Gasteiger partial charge in [-0.15, -0.1) is 0 Å². The topological polar surface area (TPSA) is 38.3 Å². The predicted molar refractivity (Wildman–Crippen MR) is 102 cm³/mol. The first-order chi connectivity index (χ1) is 10.7. The van der Waals surface area contributed by atoms with Crippen molar-refractivity contribution < 1.29 is 9.53 Å². The van der Waals surface area contributed by atoms with E-state index in [1.807, 2.05) is 0 Å². The van der Waals surface area contributed by atoms with Gasteiger partial charge in [-0.05, 0) is 58.8 Å². The summed E-state index contributed by atoms with van der Waals surface area (Å²) in [5, 5.41) is 3.66. The zero-order valence-corrected chi connectivity index (χ0v) is 17.6. The molecule has 0 bridgehead atoms. The molecule has 0 saturated carbocycles. The van der Waals surface area contributed by atoms with Crippen LogP contribution in [0.4, 0.5) is 0 Å². The van der Waals surface area contributed by atoms with Gasteiger partial charge in [0.2, 0.25) is 0 Å². The summed E-state index contributed by atoms with van der Waals surface area (Å²) in [6.07, 6.45) is 5.21. The molecule has 0 atom stereocenters. The monoisotopic (exact) mass is 339 g/mol. The Balaban J connectivity index is 2.55. The summed E-state index contributed by atoms with van der Waals surface area (Å²) in [5.74, 6) is 0.239. The first-order valence-electron chi connectivity index (χ1n) is 9.62. The predicted octanol–water partition coefficient (Wildman–Crippen LogP) is 5.12. The van der Waals surface area contributed by atoms with Crippen molar-refractivity contribution in [1.82, 2.24) is 5.32 Å². The molecule has 3 nitrogen and oxygen atoms in total. The average Bonchev–Trinajstić information content (AvgIpc) is 2.39. The van der Waals surface area contributed by atoms with E-state index >= 15 is 0 Å². The Hall–Kier alpha value is -0.410. The van der Waals surface area contributed by atoms with Crippen LogP contribution >= 0.6 is 0 Å². The number of hydrogen-bond donors (Lipinski definition) is 1. The number of hydrogen-bond acceptors (Lipinski definition) is 3. The first-order valence-corrected chi connectivity index (χ1v) is 9.62. The highest BCUT2D eigenvalue weighted by Gasteiger charge is 2.39. The van der Waals surface area contributed by atoms with Gasteiger partial charge in [-0.1, -0.05) is 41.0 Å². The summed E-state index contributed by atoms with van der Waals surface area (Å²) >= 11 is 0. The van der Waals surface area contributed by atoms with Crippen LogP contribution in [0.2, 0.25) is 0 Å². The van der Waals surface area contributed by atoms with Crippen LogP contribution < -0.4 is 5.32 Å². The summed E-state index contributed by atoms with van der Waals surface area (Å²) < 4.78 is 6.07. The standard InChI is InChI=1S/C21H41NO2/c1-10-18(2,3)11-12-19(4,5)17(23)15-24-16-13-20(6,7)22-21(8,9)14-16/h16,22H,10-15H2,1-9H3. The summed E-state index contributed by atoms with van der Waals surface area (Å²) in [7, 11) is 0. The van der Waals surface area contributed by atoms with Crippen LogP contribution in [0, 0.1) is 10.8 Å². The Morgan fingerprint density at radius 1 is 1.04 bits per heavy atom. The lowest BCUT2D eigenvalue weighted by atomic mass is 9.76. The molecule has 1 aliphatic rings. The van der Waals surface area contributed by atoms with E-state index in [1.54, 1.807) is 0 Å². The molecule has 1 rings (SSSR count). The van der Waals surface area contributed by atoms with E-state index < -0.39 is 0 Å². The number of carbonyl (C=O) groups excluding carboxylic acids is 1. The van der Waals surface area contributed by atoms with E-state index in [2.05, 4.69) is 67.6 Å². The summed E-state index contributed by atoms with van der Waals surface area (Å²) in [5.41, 5.74) is 0.109. The molecule has 0 aromatic rings. The van der Waals surface area contributed by atoms with Crippen molar-refractivity contribution in [2.75, 3.05) is 6.61 Å². The second kappa shape index (κ2) is 7.45. The molecule has 0 aromatic carbocycles. The van der Waals surface area contributed by atoms with Gasteiger partial charge in [-0.25, -0.2) is 0 Å². The number of Topliss-reactive ketones (excluding diaryl/α,β-unsaturated/α-hetero) is 1. The maximum atomic E-state index is 12.7. The van der Waals surface area contributed by atoms with Crippen LogP contribution in [0.1, 0.15) is 94.4 Å². The lowest BCUT2D eigenvalue weighted by Gasteiger charge is -2.46. The summed E-state index contributed by atoms with van der Waals surface area (Å²) in [6, 6.07) is 0. The van der Waals surface area contributed by atoms with Crippen LogP contribution in [0.3, 0.4) is 0 Å². The maximum Gasteiger partial charge on any atom is 0.164 e. The number of rotatable bonds is 8. The molecule has 142 valence electrons. The summed E-state index contributed by atoms with van der Waals surface area (Å²) in [6.45, 7) is 20.0. The van der Waals surface area contributed by atoms with Crippen molar-refractivity contribution in [3.05, 3.63) is 0 Å². The average molecular weight is 340 g/mol. The van der Waals surface area contributed by atoms with E-state index in [9.17, 15) is 4.79 Å². The Bertz CT molecular complexity index is 419. The number of carbonyl (C=O) groups is 1. The number of nitrogens with one attached hydrogen (secondary N) is 1. The highest BCUT2D eigenvalue weighted by atomic mass is 16.5. The largest absolute Gasteiger partial charge is 0.370 e. The van der Waals surface area contributed by atoms with Crippen LogP contribution in [-0.4, -0.2) is 29.6 Å². The molecule has 0 aromatic heterocycles. The highest BCUT2D eigenvalue weighted by Crippen LogP contribution is 2.34. The number of ketones is 1. The van der Waals surface area contributed by atoms with E-state index in [1.165, 1.54) is 0 Å². The molecule has 1 fully saturated rings.